The van der Waals surface area contributed by atoms with Gasteiger partial charge in [0.05, 0.1) is 6.54 Å². The van der Waals surface area contributed by atoms with Gasteiger partial charge in [0.25, 0.3) is 0 Å². The van der Waals surface area contributed by atoms with Gasteiger partial charge in [-0.15, -0.1) is 22.5 Å². The van der Waals surface area contributed by atoms with Crippen molar-refractivity contribution in [3.8, 4) is 12.3 Å². The number of aromatic nitrogens is 2. The molecule has 0 saturated carbocycles. The Morgan fingerprint density at radius 3 is 2.86 bits per heavy atom. The minimum atomic E-state index is 0.326. The number of rotatable bonds is 5. The lowest BCUT2D eigenvalue weighted by Gasteiger charge is -2.11. The fourth-order valence-corrected chi connectivity index (χ4v) is 1.14. The van der Waals surface area contributed by atoms with Gasteiger partial charge in [-0.25, -0.2) is 0 Å². The first-order chi connectivity index (χ1) is 6.76. The number of nitrogens with one attached hydrogen (secondary N) is 1. The first kappa shape index (κ1) is 10.7. The number of hydrogen-bond acceptors (Lipinski definition) is 4. The molecule has 1 aromatic heterocycles. The zero-order valence-corrected chi connectivity index (χ0v) is 8.58. The molecule has 0 aliphatic heterocycles. The van der Waals surface area contributed by atoms with Crippen LogP contribution in [-0.4, -0.2) is 16.2 Å². The minimum absolute atomic E-state index is 0.326. The van der Waals surface area contributed by atoms with Gasteiger partial charge in [0, 0.05) is 19.4 Å². The van der Waals surface area contributed by atoms with Crippen molar-refractivity contribution in [1.29, 1.82) is 0 Å². The van der Waals surface area contributed by atoms with Gasteiger partial charge in [-0.2, -0.15) is 0 Å². The third-order valence-corrected chi connectivity index (χ3v) is 1.97. The number of terminal acetylenes is 1. The average molecular weight is 193 g/mol. The van der Waals surface area contributed by atoms with Crippen LogP contribution in [0.15, 0.2) is 4.42 Å². The van der Waals surface area contributed by atoms with Crippen LogP contribution in [0.3, 0.4) is 0 Å². The molecule has 0 bridgehead atoms. The lowest BCUT2D eigenvalue weighted by Crippen LogP contribution is -2.27. The van der Waals surface area contributed by atoms with Gasteiger partial charge in [-0.05, 0) is 6.42 Å². The maximum absolute atomic E-state index is 5.24. The molecule has 1 aromatic rings. The molecule has 4 nitrogen and oxygen atoms in total. The van der Waals surface area contributed by atoms with Gasteiger partial charge in [0.1, 0.15) is 0 Å². The number of nitrogens with zero attached hydrogens (tertiary/aromatic N) is 2. The highest BCUT2D eigenvalue weighted by Gasteiger charge is 2.06. The zero-order chi connectivity index (χ0) is 10.4. The molecule has 0 aliphatic carbocycles. The first-order valence-corrected chi connectivity index (χ1v) is 4.72. The smallest absolute Gasteiger partial charge is 0.230 e. The molecular formula is C10H15N3O. The van der Waals surface area contributed by atoms with Crippen molar-refractivity contribution in [3.63, 3.8) is 0 Å². The third kappa shape index (κ3) is 3.19. The van der Waals surface area contributed by atoms with Crippen LogP contribution in [0.2, 0.25) is 0 Å². The summed E-state index contributed by atoms with van der Waals surface area (Å²) in [6.45, 7) is 4.45. The molecule has 14 heavy (non-hydrogen) atoms. The van der Waals surface area contributed by atoms with Gasteiger partial charge >= 0.3 is 0 Å². The summed E-state index contributed by atoms with van der Waals surface area (Å²) in [6.07, 6.45) is 6.96. The van der Waals surface area contributed by atoms with Crippen molar-refractivity contribution < 1.29 is 4.42 Å². The molecule has 0 aromatic carbocycles. The first-order valence-electron chi connectivity index (χ1n) is 4.72. The van der Waals surface area contributed by atoms with E-state index in [-0.39, 0.29) is 0 Å². The zero-order valence-electron chi connectivity index (χ0n) is 8.58. The van der Waals surface area contributed by atoms with E-state index in [0.717, 1.165) is 12.8 Å². The predicted molar refractivity (Wildman–Crippen MR) is 53.4 cm³/mol. The van der Waals surface area contributed by atoms with Crippen LogP contribution < -0.4 is 5.32 Å². The Hall–Kier alpha value is -1.34. The lowest BCUT2D eigenvalue weighted by molar-refractivity contribution is 0.416. The largest absolute Gasteiger partial charge is 0.424 e. The molecule has 1 unspecified atom stereocenters. The van der Waals surface area contributed by atoms with E-state index in [9.17, 15) is 0 Å². The van der Waals surface area contributed by atoms with Crippen LogP contribution in [0.5, 0.6) is 0 Å². The van der Waals surface area contributed by atoms with Crippen LogP contribution >= 0.6 is 0 Å². The number of aryl methyl sites for hydroxylation is 1. The van der Waals surface area contributed by atoms with Crippen molar-refractivity contribution in [1.82, 2.24) is 15.5 Å². The molecular weight excluding hydrogens is 178 g/mol. The summed E-state index contributed by atoms with van der Waals surface area (Å²) in [7, 11) is 0. The monoisotopic (exact) mass is 193 g/mol. The van der Waals surface area contributed by atoms with E-state index in [2.05, 4.69) is 28.4 Å². The normalized spacial score (nSPS) is 12.4. The molecule has 76 valence electrons. The molecule has 0 amide bonds. The Morgan fingerprint density at radius 1 is 1.57 bits per heavy atom. The number of hydrogen-bond donors (Lipinski definition) is 1. The highest BCUT2D eigenvalue weighted by molar-refractivity contribution is 4.90. The van der Waals surface area contributed by atoms with E-state index in [1.807, 2.05) is 0 Å². The van der Waals surface area contributed by atoms with Gasteiger partial charge in [-0.1, -0.05) is 6.92 Å². The molecule has 1 heterocycles. The maximum Gasteiger partial charge on any atom is 0.230 e. The summed E-state index contributed by atoms with van der Waals surface area (Å²) in [5.74, 6) is 3.83. The fraction of sp³-hybridized carbons (Fsp3) is 0.600. The lowest BCUT2D eigenvalue weighted by atomic mass is 10.1. The van der Waals surface area contributed by atoms with E-state index in [1.54, 1.807) is 6.92 Å². The van der Waals surface area contributed by atoms with Crippen molar-refractivity contribution >= 4 is 0 Å². The quantitative estimate of drug-likeness (QED) is 0.715. The van der Waals surface area contributed by atoms with Crippen molar-refractivity contribution in [2.75, 3.05) is 0 Å². The van der Waals surface area contributed by atoms with Crippen LogP contribution in [0.4, 0.5) is 0 Å². The molecule has 0 fully saturated rings. The molecule has 4 heteroatoms. The van der Waals surface area contributed by atoms with E-state index in [4.69, 9.17) is 10.8 Å². The summed E-state index contributed by atoms with van der Waals surface area (Å²) >= 11 is 0. The van der Waals surface area contributed by atoms with Gasteiger partial charge in [0.2, 0.25) is 11.8 Å². The van der Waals surface area contributed by atoms with E-state index in [0.29, 0.717) is 24.4 Å². The molecule has 0 aliphatic rings. The summed E-state index contributed by atoms with van der Waals surface area (Å²) in [5.41, 5.74) is 0. The average Bonchev–Trinajstić information content (AvgIpc) is 2.59. The second-order valence-corrected chi connectivity index (χ2v) is 3.11. The van der Waals surface area contributed by atoms with Gasteiger partial charge in [0.15, 0.2) is 0 Å². The van der Waals surface area contributed by atoms with E-state index < -0.39 is 0 Å². The summed E-state index contributed by atoms with van der Waals surface area (Å²) in [6, 6.07) is 0.326. The summed E-state index contributed by atoms with van der Waals surface area (Å²) < 4.78 is 5.22. The van der Waals surface area contributed by atoms with Crippen LogP contribution in [0.1, 0.15) is 31.5 Å². The predicted octanol–water partition coefficient (Wildman–Crippen LogP) is 1.27. The second-order valence-electron chi connectivity index (χ2n) is 3.11. The fourth-order valence-electron chi connectivity index (χ4n) is 1.14. The summed E-state index contributed by atoms with van der Waals surface area (Å²) in [5, 5.41) is 10.9. The Labute approximate surface area is 84.1 Å². The van der Waals surface area contributed by atoms with E-state index >= 15 is 0 Å². The molecule has 0 radical (unpaired) electrons. The van der Waals surface area contributed by atoms with Gasteiger partial charge < -0.3 is 9.73 Å². The highest BCUT2D eigenvalue weighted by Crippen LogP contribution is 2.00. The second kappa shape index (κ2) is 5.40. The minimum Gasteiger partial charge on any atom is -0.424 e. The van der Waals surface area contributed by atoms with Crippen LogP contribution in [0, 0.1) is 19.3 Å². The maximum atomic E-state index is 5.24. The van der Waals surface area contributed by atoms with Gasteiger partial charge in [-0.3, -0.25) is 0 Å². The molecule has 0 spiro atoms. The van der Waals surface area contributed by atoms with Crippen molar-refractivity contribution in [2.24, 2.45) is 0 Å². The van der Waals surface area contributed by atoms with Crippen molar-refractivity contribution in [3.05, 3.63) is 11.8 Å². The van der Waals surface area contributed by atoms with Crippen LogP contribution in [-0.2, 0) is 6.54 Å². The standard InChI is InChI=1S/C10H15N3O/c1-4-6-9(5-2)11-7-10-13-12-8(3)14-10/h1,9,11H,5-7H2,2-3H3. The Morgan fingerprint density at radius 2 is 2.36 bits per heavy atom. The Kier molecular flexibility index (Phi) is 4.14. The summed E-state index contributed by atoms with van der Waals surface area (Å²) in [4.78, 5) is 0. The van der Waals surface area contributed by atoms with E-state index in [1.165, 1.54) is 0 Å². The molecule has 1 N–H and O–H groups in total. The highest BCUT2D eigenvalue weighted by atomic mass is 16.4. The molecule has 1 rings (SSSR count). The third-order valence-electron chi connectivity index (χ3n) is 1.97. The molecule has 1 atom stereocenters. The van der Waals surface area contributed by atoms with Crippen LogP contribution in [0.25, 0.3) is 0 Å². The topological polar surface area (TPSA) is 51.0 Å². The SMILES string of the molecule is C#CCC(CC)NCc1nnc(C)o1. The van der Waals surface area contributed by atoms with Crippen molar-refractivity contribution in [2.45, 2.75) is 39.3 Å². The Bertz CT molecular complexity index is 313. The molecule has 0 saturated heterocycles. The Balaban J connectivity index is 2.36.